The van der Waals surface area contributed by atoms with Crippen LogP contribution in [-0.4, -0.2) is 41.8 Å². The lowest BCUT2D eigenvalue weighted by atomic mass is 9.90. The molecule has 5 rings (SSSR count). The molecular formula is C28H30N2O5. The molecule has 2 amide bonds. The molecule has 0 heterocycles. The van der Waals surface area contributed by atoms with E-state index in [1.54, 1.807) is 0 Å². The van der Waals surface area contributed by atoms with Crippen LogP contribution >= 0.6 is 0 Å². The first-order chi connectivity index (χ1) is 17.0. The van der Waals surface area contributed by atoms with Crippen molar-refractivity contribution in [3.8, 4) is 11.1 Å². The molecule has 0 saturated heterocycles. The number of allylic oxidation sites excluding steroid dienone is 1. The maximum atomic E-state index is 12.8. The summed E-state index contributed by atoms with van der Waals surface area (Å²) in [4.78, 5) is 36.6. The lowest BCUT2D eigenvalue weighted by Crippen LogP contribution is -2.45. The zero-order chi connectivity index (χ0) is 24.4. The number of benzene rings is 2. The quantitative estimate of drug-likeness (QED) is 0.497. The van der Waals surface area contributed by atoms with Crippen molar-refractivity contribution in [2.75, 3.05) is 6.61 Å². The van der Waals surface area contributed by atoms with Gasteiger partial charge in [-0.05, 0) is 53.9 Å². The molecule has 7 nitrogen and oxygen atoms in total. The van der Waals surface area contributed by atoms with Crippen LogP contribution in [-0.2, 0) is 14.3 Å². The molecule has 2 aromatic rings. The Kier molecular flexibility index (Phi) is 6.57. The third kappa shape index (κ3) is 5.24. The lowest BCUT2D eigenvalue weighted by molar-refractivity contribution is -0.138. The Hall–Kier alpha value is -3.61. The van der Waals surface area contributed by atoms with Crippen molar-refractivity contribution < 1.29 is 24.2 Å². The Morgan fingerprint density at radius 1 is 1.00 bits per heavy atom. The Labute approximate surface area is 204 Å². The second kappa shape index (κ2) is 9.94. The zero-order valence-corrected chi connectivity index (χ0v) is 19.5. The molecule has 3 unspecified atom stereocenters. The molecule has 3 atom stereocenters. The molecule has 3 aliphatic carbocycles. The first-order valence-electron chi connectivity index (χ1n) is 12.3. The van der Waals surface area contributed by atoms with Gasteiger partial charge in [0.25, 0.3) is 0 Å². The first kappa shape index (κ1) is 23.1. The van der Waals surface area contributed by atoms with Crippen LogP contribution in [0, 0.1) is 11.8 Å². The minimum atomic E-state index is -0.902. The number of alkyl carbamates (subject to hydrolysis) is 1. The second-order valence-corrected chi connectivity index (χ2v) is 9.72. The van der Waals surface area contributed by atoms with Gasteiger partial charge in [-0.3, -0.25) is 9.59 Å². The van der Waals surface area contributed by atoms with Crippen molar-refractivity contribution in [2.24, 2.45) is 11.8 Å². The fourth-order valence-corrected chi connectivity index (χ4v) is 5.32. The smallest absolute Gasteiger partial charge is 0.407 e. The molecule has 3 aliphatic rings. The monoisotopic (exact) mass is 474 g/mol. The number of rotatable bonds is 8. The van der Waals surface area contributed by atoms with Crippen LogP contribution in [0.25, 0.3) is 11.1 Å². The number of aliphatic carboxylic acids is 1. The largest absolute Gasteiger partial charge is 0.481 e. The lowest BCUT2D eigenvalue weighted by Gasteiger charge is -2.27. The number of fused-ring (bicyclic) bond motifs is 3. The fraction of sp³-hybridized carbons (Fsp3) is 0.393. The van der Waals surface area contributed by atoms with E-state index in [9.17, 15) is 14.4 Å². The first-order valence-corrected chi connectivity index (χ1v) is 12.3. The highest BCUT2D eigenvalue weighted by molar-refractivity contribution is 5.81. The third-order valence-corrected chi connectivity index (χ3v) is 7.26. The highest BCUT2D eigenvalue weighted by Crippen LogP contribution is 2.44. The van der Waals surface area contributed by atoms with Gasteiger partial charge in [-0.15, -0.1) is 0 Å². The molecule has 0 bridgehead atoms. The van der Waals surface area contributed by atoms with Gasteiger partial charge in [0, 0.05) is 17.9 Å². The number of carbonyl (C=O) groups excluding carboxylic acids is 2. The van der Waals surface area contributed by atoms with Gasteiger partial charge in [0.1, 0.15) is 6.61 Å². The Balaban J connectivity index is 1.15. The molecular weight excluding hydrogens is 444 g/mol. The summed E-state index contributed by atoms with van der Waals surface area (Å²) in [6, 6.07) is 15.7. The molecule has 2 aromatic carbocycles. The van der Waals surface area contributed by atoms with Crippen molar-refractivity contribution in [3.63, 3.8) is 0 Å². The summed E-state index contributed by atoms with van der Waals surface area (Å²) in [7, 11) is 0. The predicted octanol–water partition coefficient (Wildman–Crippen LogP) is 4.23. The van der Waals surface area contributed by atoms with Crippen LogP contribution in [0.1, 0.15) is 49.1 Å². The standard InChI is InChI=1S/C28H30N2O5/c31-26(32)15-25(17-12-13-17)30-27(33)18-6-5-7-19(14-18)29-28(34)35-16-24-22-10-3-1-8-20(22)21-9-2-4-11-23(21)24/h1-5,7-11,17-19,24-25H,6,12-16H2,(H,29,34)(H,30,33)(H,31,32). The van der Waals surface area contributed by atoms with Gasteiger partial charge < -0.3 is 20.5 Å². The Morgan fingerprint density at radius 3 is 2.29 bits per heavy atom. The minimum Gasteiger partial charge on any atom is -0.481 e. The summed E-state index contributed by atoms with van der Waals surface area (Å²) < 4.78 is 5.64. The van der Waals surface area contributed by atoms with Crippen molar-refractivity contribution in [1.29, 1.82) is 0 Å². The zero-order valence-electron chi connectivity index (χ0n) is 19.5. The summed E-state index contributed by atoms with van der Waals surface area (Å²) >= 11 is 0. The fourth-order valence-electron chi connectivity index (χ4n) is 5.32. The summed E-state index contributed by atoms with van der Waals surface area (Å²) in [6.45, 7) is 0.235. The van der Waals surface area contributed by atoms with Gasteiger partial charge in [0.15, 0.2) is 0 Å². The van der Waals surface area contributed by atoms with Crippen LogP contribution < -0.4 is 10.6 Å². The van der Waals surface area contributed by atoms with E-state index in [-0.39, 0.29) is 48.8 Å². The number of carboxylic acid groups (broad SMARTS) is 1. The molecule has 182 valence electrons. The van der Waals surface area contributed by atoms with Crippen molar-refractivity contribution in [3.05, 3.63) is 71.8 Å². The van der Waals surface area contributed by atoms with Crippen LogP contribution in [0.3, 0.4) is 0 Å². The van der Waals surface area contributed by atoms with E-state index in [1.807, 2.05) is 36.4 Å². The number of hydrogen-bond donors (Lipinski definition) is 3. The van der Waals surface area contributed by atoms with Gasteiger partial charge in [0.05, 0.1) is 12.5 Å². The SMILES string of the molecule is O=C(O)CC(NC(=O)C1CC=CC(NC(=O)OCC2c3ccccc3-c3ccccc32)C1)C1CC1. The van der Waals surface area contributed by atoms with Crippen molar-refractivity contribution >= 4 is 18.0 Å². The number of carboxylic acids is 1. The summed E-state index contributed by atoms with van der Waals surface area (Å²) in [5.74, 6) is -1.12. The van der Waals surface area contributed by atoms with E-state index >= 15 is 0 Å². The van der Waals surface area contributed by atoms with E-state index in [0.717, 1.165) is 24.0 Å². The molecule has 0 spiro atoms. The van der Waals surface area contributed by atoms with Gasteiger partial charge >= 0.3 is 12.1 Å². The highest BCUT2D eigenvalue weighted by atomic mass is 16.5. The molecule has 1 saturated carbocycles. The number of carbonyl (C=O) groups is 3. The molecule has 1 fully saturated rings. The molecule has 35 heavy (non-hydrogen) atoms. The molecule has 0 aromatic heterocycles. The van der Waals surface area contributed by atoms with Crippen LogP contribution in [0.5, 0.6) is 0 Å². The van der Waals surface area contributed by atoms with Crippen LogP contribution in [0.2, 0.25) is 0 Å². The summed E-state index contributed by atoms with van der Waals surface area (Å²) in [5.41, 5.74) is 4.66. The normalized spacial score (nSPS) is 21.5. The van der Waals surface area contributed by atoms with Crippen LogP contribution in [0.4, 0.5) is 4.79 Å². The van der Waals surface area contributed by atoms with Crippen molar-refractivity contribution in [2.45, 2.75) is 50.1 Å². The van der Waals surface area contributed by atoms with E-state index in [0.29, 0.717) is 12.8 Å². The Morgan fingerprint density at radius 2 is 1.66 bits per heavy atom. The molecule has 7 heteroatoms. The third-order valence-electron chi connectivity index (χ3n) is 7.26. The maximum absolute atomic E-state index is 12.8. The summed E-state index contributed by atoms with van der Waals surface area (Å²) in [6.07, 6.45) is 6.15. The summed E-state index contributed by atoms with van der Waals surface area (Å²) in [5, 5.41) is 15.0. The van der Waals surface area contributed by atoms with Gasteiger partial charge in [-0.1, -0.05) is 60.7 Å². The second-order valence-electron chi connectivity index (χ2n) is 9.72. The maximum Gasteiger partial charge on any atom is 0.407 e. The average molecular weight is 475 g/mol. The van der Waals surface area contributed by atoms with E-state index in [1.165, 1.54) is 11.1 Å². The molecule has 0 aliphatic heterocycles. The molecule has 3 N–H and O–H groups in total. The van der Waals surface area contributed by atoms with Crippen molar-refractivity contribution in [1.82, 2.24) is 10.6 Å². The van der Waals surface area contributed by atoms with Gasteiger partial charge in [-0.2, -0.15) is 0 Å². The number of ether oxygens (including phenoxy) is 1. The van der Waals surface area contributed by atoms with E-state index in [2.05, 4.69) is 34.9 Å². The molecule has 0 radical (unpaired) electrons. The van der Waals surface area contributed by atoms with E-state index < -0.39 is 12.1 Å². The van der Waals surface area contributed by atoms with Gasteiger partial charge in [-0.25, -0.2) is 4.79 Å². The van der Waals surface area contributed by atoms with Gasteiger partial charge in [0.2, 0.25) is 5.91 Å². The number of hydrogen-bond acceptors (Lipinski definition) is 4. The number of amides is 2. The van der Waals surface area contributed by atoms with E-state index in [4.69, 9.17) is 9.84 Å². The van der Waals surface area contributed by atoms with Crippen LogP contribution in [0.15, 0.2) is 60.7 Å². The highest BCUT2D eigenvalue weighted by Gasteiger charge is 2.36. The number of nitrogens with one attached hydrogen (secondary N) is 2. The topological polar surface area (TPSA) is 105 Å². The minimum absolute atomic E-state index is 0.0119. The predicted molar refractivity (Wildman–Crippen MR) is 131 cm³/mol. The Bertz CT molecular complexity index is 1110. The average Bonchev–Trinajstić information content (AvgIpc) is 3.65.